The second-order valence-electron chi connectivity index (χ2n) is 10.4. The van der Waals surface area contributed by atoms with E-state index in [0.717, 1.165) is 62.8 Å². The second kappa shape index (κ2) is 11.2. The molecule has 5 rings (SSSR count). The third-order valence-electron chi connectivity index (χ3n) is 7.87. The molecular weight excluding hydrogens is 442 g/mol. The van der Waals surface area contributed by atoms with Crippen LogP contribution in [0.1, 0.15) is 53.9 Å². The monoisotopic (exact) mass is 481 g/mol. The maximum absolute atomic E-state index is 6.04. The number of nitrogens with one attached hydrogen (secondary N) is 1. The second-order valence-corrected chi connectivity index (χ2v) is 10.4. The molecule has 0 amide bonds. The molecule has 0 radical (unpaired) electrons. The molecule has 0 saturated carbocycles. The predicted molar refractivity (Wildman–Crippen MR) is 151 cm³/mol. The highest BCUT2D eigenvalue weighted by atomic mass is 15.2. The molecule has 2 aliphatic heterocycles. The topological polar surface area (TPSA) is 57.4 Å². The van der Waals surface area contributed by atoms with Gasteiger partial charge in [0.2, 0.25) is 0 Å². The SMILES string of the molecule is C=C(c1ccc(C)c(NCc2ccc(N3CCC(N)CC3)nc2)c1)N1CCC(c2ccccc2)CC1. The minimum atomic E-state index is 0.334. The zero-order valence-corrected chi connectivity index (χ0v) is 21.5. The van der Waals surface area contributed by atoms with Gasteiger partial charge >= 0.3 is 0 Å². The van der Waals surface area contributed by atoms with E-state index in [4.69, 9.17) is 10.7 Å². The van der Waals surface area contributed by atoms with E-state index in [-0.39, 0.29) is 0 Å². The van der Waals surface area contributed by atoms with Crippen LogP contribution in [0.4, 0.5) is 11.5 Å². The molecule has 2 aromatic carbocycles. The molecule has 0 bridgehead atoms. The Hall–Kier alpha value is -3.31. The van der Waals surface area contributed by atoms with Gasteiger partial charge in [-0.15, -0.1) is 0 Å². The van der Waals surface area contributed by atoms with E-state index < -0.39 is 0 Å². The van der Waals surface area contributed by atoms with Gasteiger partial charge in [0, 0.05) is 56.3 Å². The van der Waals surface area contributed by atoms with Crippen LogP contribution in [0.25, 0.3) is 5.70 Å². The molecule has 2 aliphatic rings. The summed E-state index contributed by atoms with van der Waals surface area (Å²) >= 11 is 0. The fourth-order valence-corrected chi connectivity index (χ4v) is 5.42. The summed E-state index contributed by atoms with van der Waals surface area (Å²) in [5.74, 6) is 1.70. The standard InChI is InChI=1S/C31H39N5/c1-23-8-10-28(24(2)35-16-12-27(13-17-35)26-6-4-3-5-7-26)20-30(23)33-21-25-9-11-31(34-22-25)36-18-14-29(32)15-19-36/h3-11,20,22,27,29,33H,2,12-19,21,32H2,1H3. The van der Waals surface area contributed by atoms with Gasteiger partial charge in [0.1, 0.15) is 5.82 Å². The van der Waals surface area contributed by atoms with Crippen molar-refractivity contribution in [3.05, 3.63) is 95.7 Å². The Labute approximate surface area is 216 Å². The number of likely N-dealkylation sites (tertiary alicyclic amines) is 1. The Morgan fingerprint density at radius 3 is 2.42 bits per heavy atom. The number of anilines is 2. The van der Waals surface area contributed by atoms with Crippen LogP contribution in [-0.2, 0) is 6.54 Å². The summed E-state index contributed by atoms with van der Waals surface area (Å²) in [6.45, 7) is 11.5. The zero-order valence-electron chi connectivity index (χ0n) is 21.5. The first-order valence-electron chi connectivity index (χ1n) is 13.4. The van der Waals surface area contributed by atoms with Crippen molar-refractivity contribution in [3.63, 3.8) is 0 Å². The van der Waals surface area contributed by atoms with Gasteiger partial charge < -0.3 is 20.9 Å². The molecule has 0 unspecified atom stereocenters. The smallest absolute Gasteiger partial charge is 0.128 e. The van der Waals surface area contributed by atoms with Gasteiger partial charge in [0.05, 0.1) is 0 Å². The Kier molecular flexibility index (Phi) is 7.57. The zero-order chi connectivity index (χ0) is 24.9. The van der Waals surface area contributed by atoms with Gasteiger partial charge in [0.15, 0.2) is 0 Å². The van der Waals surface area contributed by atoms with Gasteiger partial charge in [-0.3, -0.25) is 0 Å². The first-order chi connectivity index (χ1) is 17.6. The third-order valence-corrected chi connectivity index (χ3v) is 7.87. The molecule has 0 spiro atoms. The molecule has 3 heterocycles. The van der Waals surface area contributed by atoms with E-state index >= 15 is 0 Å². The van der Waals surface area contributed by atoms with Gasteiger partial charge in [-0.25, -0.2) is 4.98 Å². The molecule has 0 atom stereocenters. The van der Waals surface area contributed by atoms with Crippen molar-refractivity contribution in [2.75, 3.05) is 36.4 Å². The number of aryl methyl sites for hydroxylation is 1. The number of aromatic nitrogens is 1. The summed E-state index contributed by atoms with van der Waals surface area (Å²) in [5, 5.41) is 3.63. The Morgan fingerprint density at radius 1 is 0.972 bits per heavy atom. The molecule has 5 nitrogen and oxygen atoms in total. The predicted octanol–water partition coefficient (Wildman–Crippen LogP) is 5.78. The molecule has 2 fully saturated rings. The summed E-state index contributed by atoms with van der Waals surface area (Å²) in [6, 6.07) is 22.2. The van der Waals surface area contributed by atoms with Crippen molar-refractivity contribution < 1.29 is 0 Å². The summed E-state index contributed by atoms with van der Waals surface area (Å²) in [4.78, 5) is 9.51. The molecule has 3 aromatic rings. The number of hydrogen-bond donors (Lipinski definition) is 2. The fourth-order valence-electron chi connectivity index (χ4n) is 5.42. The number of piperidine rings is 2. The van der Waals surface area contributed by atoms with Crippen LogP contribution in [0.5, 0.6) is 0 Å². The normalized spacial score (nSPS) is 17.3. The lowest BCUT2D eigenvalue weighted by atomic mass is 9.89. The van der Waals surface area contributed by atoms with E-state index in [1.807, 2.05) is 6.20 Å². The Bertz CT molecular complexity index is 1140. The lowest BCUT2D eigenvalue weighted by molar-refractivity contribution is 0.299. The van der Waals surface area contributed by atoms with Crippen LogP contribution in [0, 0.1) is 6.92 Å². The van der Waals surface area contributed by atoms with E-state index in [9.17, 15) is 0 Å². The van der Waals surface area contributed by atoms with E-state index in [2.05, 4.69) is 89.3 Å². The van der Waals surface area contributed by atoms with Crippen molar-refractivity contribution in [2.24, 2.45) is 5.73 Å². The van der Waals surface area contributed by atoms with Gasteiger partial charge in [-0.2, -0.15) is 0 Å². The maximum atomic E-state index is 6.04. The molecule has 2 saturated heterocycles. The quantitative estimate of drug-likeness (QED) is 0.448. The average molecular weight is 482 g/mol. The highest BCUT2D eigenvalue weighted by molar-refractivity contribution is 5.68. The minimum Gasteiger partial charge on any atom is -0.381 e. The van der Waals surface area contributed by atoms with Crippen molar-refractivity contribution in [1.82, 2.24) is 9.88 Å². The fraction of sp³-hybridized carbons (Fsp3) is 0.387. The van der Waals surface area contributed by atoms with Crippen molar-refractivity contribution in [3.8, 4) is 0 Å². The molecule has 3 N–H and O–H groups in total. The lowest BCUT2D eigenvalue weighted by Crippen LogP contribution is -2.40. The van der Waals surface area contributed by atoms with Crippen LogP contribution in [-0.4, -0.2) is 42.1 Å². The van der Waals surface area contributed by atoms with Gasteiger partial charge in [-0.1, -0.05) is 55.1 Å². The first-order valence-corrected chi connectivity index (χ1v) is 13.4. The van der Waals surface area contributed by atoms with Gasteiger partial charge in [0.25, 0.3) is 0 Å². The van der Waals surface area contributed by atoms with Crippen LogP contribution in [0.3, 0.4) is 0 Å². The summed E-state index contributed by atoms with van der Waals surface area (Å²) in [5.41, 5.74) is 13.4. The molecular formula is C31H39N5. The molecule has 0 aliphatic carbocycles. The molecule has 1 aromatic heterocycles. The van der Waals surface area contributed by atoms with Crippen LogP contribution in [0.15, 0.2) is 73.4 Å². The highest BCUT2D eigenvalue weighted by Gasteiger charge is 2.22. The van der Waals surface area contributed by atoms with Crippen LogP contribution in [0.2, 0.25) is 0 Å². The number of nitrogens with zero attached hydrogens (tertiary/aromatic N) is 3. The largest absolute Gasteiger partial charge is 0.381 e. The lowest BCUT2D eigenvalue weighted by Gasteiger charge is -2.35. The van der Waals surface area contributed by atoms with Crippen molar-refractivity contribution in [1.29, 1.82) is 0 Å². The van der Waals surface area contributed by atoms with Gasteiger partial charge in [-0.05, 0) is 72.9 Å². The van der Waals surface area contributed by atoms with E-state index in [1.54, 1.807) is 0 Å². The van der Waals surface area contributed by atoms with E-state index in [0.29, 0.717) is 12.0 Å². The van der Waals surface area contributed by atoms with Crippen molar-refractivity contribution in [2.45, 2.75) is 51.1 Å². The maximum Gasteiger partial charge on any atom is 0.128 e. The number of benzene rings is 2. The molecule has 5 heteroatoms. The minimum absolute atomic E-state index is 0.334. The summed E-state index contributed by atoms with van der Waals surface area (Å²) in [6.07, 6.45) is 6.42. The number of hydrogen-bond acceptors (Lipinski definition) is 5. The summed E-state index contributed by atoms with van der Waals surface area (Å²) in [7, 11) is 0. The average Bonchev–Trinajstić information content (AvgIpc) is 2.93. The third kappa shape index (κ3) is 5.73. The highest BCUT2D eigenvalue weighted by Crippen LogP contribution is 2.32. The van der Waals surface area contributed by atoms with Crippen LogP contribution < -0.4 is 16.0 Å². The molecule has 36 heavy (non-hydrogen) atoms. The number of rotatable bonds is 7. The Balaban J connectivity index is 1.17. The van der Waals surface area contributed by atoms with Crippen LogP contribution >= 0.6 is 0 Å². The van der Waals surface area contributed by atoms with E-state index in [1.165, 1.54) is 35.1 Å². The Morgan fingerprint density at radius 2 is 1.72 bits per heavy atom. The first kappa shape index (κ1) is 24.4. The summed E-state index contributed by atoms with van der Waals surface area (Å²) < 4.78 is 0. The molecule has 188 valence electrons. The van der Waals surface area contributed by atoms with Crippen molar-refractivity contribution >= 4 is 17.2 Å². The number of pyridine rings is 1. The number of nitrogens with two attached hydrogens (primary N) is 1.